The van der Waals surface area contributed by atoms with Crippen LogP contribution in [-0.4, -0.2) is 48.1 Å². The molecule has 0 saturated carbocycles. The number of esters is 1. The van der Waals surface area contributed by atoms with Gasteiger partial charge in [0.05, 0.1) is 6.10 Å². The molecule has 188 valence electrons. The van der Waals surface area contributed by atoms with Crippen molar-refractivity contribution in [1.29, 1.82) is 0 Å². The van der Waals surface area contributed by atoms with E-state index in [9.17, 15) is 4.79 Å². The number of anilines is 1. The van der Waals surface area contributed by atoms with Crippen LogP contribution in [-0.2, 0) is 11.3 Å². The van der Waals surface area contributed by atoms with Crippen molar-refractivity contribution in [3.8, 4) is 22.3 Å². The summed E-state index contributed by atoms with van der Waals surface area (Å²) in [5, 5.41) is 0. The monoisotopic (exact) mass is 491 g/mol. The molecule has 5 rings (SSSR count). The zero-order chi connectivity index (χ0) is 25.6. The second-order valence-electron chi connectivity index (χ2n) is 9.66. The Morgan fingerprint density at radius 3 is 2.03 bits per heavy atom. The van der Waals surface area contributed by atoms with Gasteiger partial charge in [-0.1, -0.05) is 84.9 Å². The third-order valence-electron chi connectivity index (χ3n) is 6.73. The van der Waals surface area contributed by atoms with Gasteiger partial charge in [-0.15, -0.1) is 0 Å². The number of carbonyl (C=O) groups is 1. The van der Waals surface area contributed by atoms with Crippen molar-refractivity contribution < 1.29 is 9.53 Å². The van der Waals surface area contributed by atoms with Crippen molar-refractivity contribution in [3.63, 3.8) is 0 Å². The quantitative estimate of drug-likeness (QED) is 0.284. The summed E-state index contributed by atoms with van der Waals surface area (Å²) < 4.78 is 5.67. The summed E-state index contributed by atoms with van der Waals surface area (Å²) in [6.07, 6.45) is 1.59. The molecule has 3 aromatic carbocycles. The van der Waals surface area contributed by atoms with Gasteiger partial charge in [0.2, 0.25) is 0 Å². The van der Waals surface area contributed by atoms with E-state index in [2.05, 4.69) is 69.4 Å². The maximum absolute atomic E-state index is 13.3. The van der Waals surface area contributed by atoms with Crippen LogP contribution in [0.1, 0.15) is 29.8 Å². The van der Waals surface area contributed by atoms with Crippen LogP contribution in [0.5, 0.6) is 0 Å². The second-order valence-corrected chi connectivity index (χ2v) is 9.66. The Bertz CT molecular complexity index is 1330. The molecule has 2 heterocycles. The maximum atomic E-state index is 13.3. The van der Waals surface area contributed by atoms with Crippen molar-refractivity contribution in [1.82, 2.24) is 9.88 Å². The Labute approximate surface area is 219 Å². The summed E-state index contributed by atoms with van der Waals surface area (Å²) in [5.41, 5.74) is 6.24. The van der Waals surface area contributed by atoms with Crippen LogP contribution in [0, 0.1) is 0 Å². The van der Waals surface area contributed by atoms with Gasteiger partial charge in [0.25, 0.3) is 0 Å². The first-order valence-corrected chi connectivity index (χ1v) is 13.0. The van der Waals surface area contributed by atoms with E-state index in [1.54, 1.807) is 6.20 Å². The molecule has 0 bridgehead atoms. The van der Waals surface area contributed by atoms with Gasteiger partial charge >= 0.3 is 5.97 Å². The number of piperazine rings is 1. The molecule has 5 heteroatoms. The molecule has 1 fully saturated rings. The Morgan fingerprint density at radius 2 is 1.38 bits per heavy atom. The van der Waals surface area contributed by atoms with Gasteiger partial charge < -0.3 is 9.64 Å². The average molecular weight is 492 g/mol. The SMILES string of the molecule is CC(C)OC(=O)c1c(-c2ccccc2)ccnc1N1CCN(Cc2ccccc2-c2ccccc2)CC1. The Kier molecular flexibility index (Phi) is 7.62. The fourth-order valence-corrected chi connectivity index (χ4v) is 4.94. The Balaban J connectivity index is 1.37. The molecule has 0 spiro atoms. The summed E-state index contributed by atoms with van der Waals surface area (Å²) in [4.78, 5) is 22.7. The van der Waals surface area contributed by atoms with Crippen molar-refractivity contribution >= 4 is 11.8 Å². The smallest absolute Gasteiger partial charge is 0.342 e. The van der Waals surface area contributed by atoms with E-state index in [-0.39, 0.29) is 12.1 Å². The molecule has 1 aromatic heterocycles. The predicted molar refractivity (Wildman–Crippen MR) is 150 cm³/mol. The summed E-state index contributed by atoms with van der Waals surface area (Å²) in [5.74, 6) is 0.382. The second kappa shape index (κ2) is 11.4. The van der Waals surface area contributed by atoms with Gasteiger partial charge in [0.1, 0.15) is 11.4 Å². The highest BCUT2D eigenvalue weighted by molar-refractivity contribution is 6.02. The lowest BCUT2D eigenvalue weighted by Crippen LogP contribution is -2.46. The fourth-order valence-electron chi connectivity index (χ4n) is 4.94. The maximum Gasteiger partial charge on any atom is 0.342 e. The molecular weight excluding hydrogens is 458 g/mol. The van der Waals surface area contributed by atoms with E-state index < -0.39 is 0 Å². The van der Waals surface area contributed by atoms with Crippen LogP contribution >= 0.6 is 0 Å². The van der Waals surface area contributed by atoms with Crippen LogP contribution in [0.4, 0.5) is 5.82 Å². The number of benzene rings is 3. The molecule has 0 amide bonds. The largest absolute Gasteiger partial charge is 0.459 e. The van der Waals surface area contributed by atoms with Crippen molar-refractivity contribution in [2.75, 3.05) is 31.1 Å². The molecule has 37 heavy (non-hydrogen) atoms. The van der Waals surface area contributed by atoms with E-state index in [1.807, 2.05) is 50.2 Å². The molecule has 4 aromatic rings. The Hall–Kier alpha value is -3.96. The molecule has 0 unspecified atom stereocenters. The molecular formula is C32H33N3O2. The van der Waals surface area contributed by atoms with Gasteiger partial charge in [0, 0.05) is 44.5 Å². The van der Waals surface area contributed by atoms with Gasteiger partial charge in [-0.25, -0.2) is 9.78 Å². The molecule has 1 aliphatic rings. The van der Waals surface area contributed by atoms with Crippen molar-refractivity contribution in [3.05, 3.63) is 108 Å². The first-order chi connectivity index (χ1) is 18.1. The first-order valence-electron chi connectivity index (χ1n) is 13.0. The number of hydrogen-bond donors (Lipinski definition) is 0. The number of carbonyl (C=O) groups excluding carboxylic acids is 1. The van der Waals surface area contributed by atoms with Crippen LogP contribution in [0.25, 0.3) is 22.3 Å². The molecule has 0 N–H and O–H groups in total. The zero-order valence-corrected chi connectivity index (χ0v) is 21.5. The minimum Gasteiger partial charge on any atom is -0.459 e. The van der Waals surface area contributed by atoms with E-state index in [0.717, 1.165) is 43.9 Å². The van der Waals surface area contributed by atoms with Gasteiger partial charge in [-0.2, -0.15) is 0 Å². The van der Waals surface area contributed by atoms with Gasteiger partial charge in [0.15, 0.2) is 0 Å². The first kappa shape index (κ1) is 24.7. The lowest BCUT2D eigenvalue weighted by Gasteiger charge is -2.36. The zero-order valence-electron chi connectivity index (χ0n) is 21.5. The van der Waals surface area contributed by atoms with E-state index >= 15 is 0 Å². The lowest BCUT2D eigenvalue weighted by molar-refractivity contribution is 0.0379. The van der Waals surface area contributed by atoms with Crippen molar-refractivity contribution in [2.24, 2.45) is 0 Å². The Morgan fingerprint density at radius 1 is 0.784 bits per heavy atom. The molecule has 0 radical (unpaired) electrons. The summed E-state index contributed by atoms with van der Waals surface area (Å²) >= 11 is 0. The van der Waals surface area contributed by atoms with Crippen molar-refractivity contribution in [2.45, 2.75) is 26.5 Å². The number of ether oxygens (including phenoxy) is 1. The minimum absolute atomic E-state index is 0.203. The van der Waals surface area contributed by atoms with Gasteiger partial charge in [-0.05, 0) is 42.2 Å². The van der Waals surface area contributed by atoms with Gasteiger partial charge in [-0.3, -0.25) is 4.90 Å². The highest BCUT2D eigenvalue weighted by atomic mass is 16.5. The average Bonchev–Trinajstić information content (AvgIpc) is 2.94. The standard InChI is InChI=1S/C32H33N3O2/c1-24(2)37-32(36)30-29(26-13-7-4-8-14-26)17-18-33-31(30)35-21-19-34(20-22-35)23-27-15-9-10-16-28(27)25-11-5-3-6-12-25/h3-18,24H,19-23H2,1-2H3. The van der Waals surface area contributed by atoms with E-state index in [1.165, 1.54) is 16.7 Å². The van der Waals surface area contributed by atoms with Crippen LogP contribution in [0.15, 0.2) is 97.2 Å². The number of rotatable bonds is 7. The number of aromatic nitrogens is 1. The summed E-state index contributed by atoms with van der Waals surface area (Å²) in [7, 11) is 0. The third-order valence-corrected chi connectivity index (χ3v) is 6.73. The summed E-state index contributed by atoms with van der Waals surface area (Å²) in [6, 6.07) is 31.1. The predicted octanol–water partition coefficient (Wildman–Crippen LogP) is 6.30. The topological polar surface area (TPSA) is 45.7 Å². The van der Waals surface area contributed by atoms with Crippen LogP contribution < -0.4 is 4.90 Å². The molecule has 0 atom stereocenters. The van der Waals surface area contributed by atoms with Crippen LogP contribution in [0.3, 0.4) is 0 Å². The number of pyridine rings is 1. The third kappa shape index (κ3) is 5.73. The molecule has 5 nitrogen and oxygen atoms in total. The number of nitrogens with zero attached hydrogens (tertiary/aromatic N) is 3. The molecule has 1 aliphatic heterocycles. The van der Waals surface area contributed by atoms with E-state index in [0.29, 0.717) is 11.4 Å². The lowest BCUT2D eigenvalue weighted by atomic mass is 9.99. The minimum atomic E-state index is -0.323. The highest BCUT2D eigenvalue weighted by Crippen LogP contribution is 2.32. The van der Waals surface area contributed by atoms with Crippen LogP contribution in [0.2, 0.25) is 0 Å². The fraction of sp³-hybridized carbons (Fsp3) is 0.250. The summed E-state index contributed by atoms with van der Waals surface area (Å²) in [6.45, 7) is 8.00. The highest BCUT2D eigenvalue weighted by Gasteiger charge is 2.27. The normalized spacial score (nSPS) is 14.1. The molecule has 0 aliphatic carbocycles. The molecule has 1 saturated heterocycles. The number of hydrogen-bond acceptors (Lipinski definition) is 5. The van der Waals surface area contributed by atoms with E-state index in [4.69, 9.17) is 4.74 Å².